The molecular weight excluding hydrogens is 276 g/mol. The Morgan fingerprint density at radius 1 is 1.30 bits per heavy atom. The van der Waals surface area contributed by atoms with Crippen molar-refractivity contribution in [2.75, 3.05) is 5.43 Å². The van der Waals surface area contributed by atoms with Gasteiger partial charge in [-0.2, -0.15) is 0 Å². The quantitative estimate of drug-likeness (QED) is 0.453. The minimum Gasteiger partial charge on any atom is -0.347 e. The number of halogens is 1. The van der Waals surface area contributed by atoms with Crippen molar-refractivity contribution in [1.82, 2.24) is 10.3 Å². The summed E-state index contributed by atoms with van der Waals surface area (Å²) >= 11 is 5.86. The SMILES string of the molecule is CC(C)(C)CC(C)(C)NC(=O)c1cc(Cl)nc(NN)c1. The number of rotatable bonds is 4. The van der Waals surface area contributed by atoms with Crippen LogP contribution in [0.4, 0.5) is 5.82 Å². The largest absolute Gasteiger partial charge is 0.347 e. The van der Waals surface area contributed by atoms with Crippen LogP contribution in [0.15, 0.2) is 12.1 Å². The smallest absolute Gasteiger partial charge is 0.251 e. The Morgan fingerprint density at radius 2 is 1.90 bits per heavy atom. The van der Waals surface area contributed by atoms with Gasteiger partial charge in [-0.05, 0) is 37.8 Å². The van der Waals surface area contributed by atoms with Crippen molar-refractivity contribution < 1.29 is 4.79 Å². The van der Waals surface area contributed by atoms with Crippen molar-refractivity contribution in [1.29, 1.82) is 0 Å². The number of carbonyl (C=O) groups is 1. The van der Waals surface area contributed by atoms with Gasteiger partial charge in [0, 0.05) is 11.1 Å². The molecule has 0 fully saturated rings. The van der Waals surface area contributed by atoms with Crippen LogP contribution in [0.25, 0.3) is 0 Å². The van der Waals surface area contributed by atoms with Crippen LogP contribution in [-0.4, -0.2) is 16.4 Å². The number of nitrogens with one attached hydrogen (secondary N) is 2. The van der Waals surface area contributed by atoms with Crippen LogP contribution in [0.2, 0.25) is 5.15 Å². The second-order valence-electron chi connectivity index (χ2n) is 6.78. The average Bonchev–Trinajstić information content (AvgIpc) is 2.23. The van der Waals surface area contributed by atoms with Gasteiger partial charge in [-0.25, -0.2) is 10.8 Å². The molecule has 20 heavy (non-hydrogen) atoms. The molecule has 1 heterocycles. The van der Waals surface area contributed by atoms with Gasteiger partial charge in [-0.3, -0.25) is 4.79 Å². The molecule has 1 aromatic rings. The van der Waals surface area contributed by atoms with Crippen molar-refractivity contribution in [3.05, 3.63) is 22.8 Å². The lowest BCUT2D eigenvalue weighted by Gasteiger charge is -2.33. The zero-order chi connectivity index (χ0) is 15.6. The summed E-state index contributed by atoms with van der Waals surface area (Å²) in [6.07, 6.45) is 0.854. The molecule has 0 unspecified atom stereocenters. The molecule has 1 aromatic heterocycles. The number of amides is 1. The van der Waals surface area contributed by atoms with E-state index in [-0.39, 0.29) is 22.0 Å². The molecule has 0 bridgehead atoms. The van der Waals surface area contributed by atoms with Gasteiger partial charge >= 0.3 is 0 Å². The topological polar surface area (TPSA) is 80.0 Å². The third kappa shape index (κ3) is 5.35. The number of anilines is 1. The van der Waals surface area contributed by atoms with Gasteiger partial charge in [0.25, 0.3) is 5.91 Å². The molecule has 0 aliphatic rings. The van der Waals surface area contributed by atoms with Crippen molar-refractivity contribution >= 4 is 23.3 Å². The lowest BCUT2D eigenvalue weighted by Crippen LogP contribution is -2.45. The summed E-state index contributed by atoms with van der Waals surface area (Å²) in [5.74, 6) is 5.46. The van der Waals surface area contributed by atoms with Crippen LogP contribution < -0.4 is 16.6 Å². The van der Waals surface area contributed by atoms with Gasteiger partial charge in [0.1, 0.15) is 11.0 Å². The molecule has 0 saturated heterocycles. The van der Waals surface area contributed by atoms with E-state index in [0.717, 1.165) is 6.42 Å². The molecule has 0 aliphatic heterocycles. The first-order valence-corrected chi connectivity index (χ1v) is 6.87. The lowest BCUT2D eigenvalue weighted by atomic mass is 9.81. The van der Waals surface area contributed by atoms with E-state index in [1.165, 1.54) is 6.07 Å². The summed E-state index contributed by atoms with van der Waals surface area (Å²) in [5, 5.41) is 3.24. The number of hydrazine groups is 1. The number of nitrogen functional groups attached to an aromatic ring is 1. The Morgan fingerprint density at radius 3 is 2.40 bits per heavy atom. The van der Waals surface area contributed by atoms with Crippen LogP contribution in [0.5, 0.6) is 0 Å². The molecule has 6 heteroatoms. The van der Waals surface area contributed by atoms with Gasteiger partial charge in [0.15, 0.2) is 0 Å². The molecule has 1 rings (SSSR count). The number of carbonyl (C=O) groups excluding carboxylic acids is 1. The molecular formula is C14H23ClN4O. The summed E-state index contributed by atoms with van der Waals surface area (Å²) in [7, 11) is 0. The zero-order valence-corrected chi connectivity index (χ0v) is 13.4. The first kappa shape index (κ1) is 16.7. The third-order valence-corrected chi connectivity index (χ3v) is 2.82. The van der Waals surface area contributed by atoms with Crippen LogP contribution in [0.3, 0.4) is 0 Å². The van der Waals surface area contributed by atoms with E-state index in [1.54, 1.807) is 6.07 Å². The normalized spacial score (nSPS) is 12.2. The standard InChI is InChI=1S/C14H23ClN4O/c1-13(2,3)8-14(4,5)18-12(20)9-6-10(15)17-11(7-9)19-16/h6-7H,8,16H2,1-5H3,(H,17,19)(H,18,20). The summed E-state index contributed by atoms with van der Waals surface area (Å²) in [5.41, 5.74) is 2.62. The molecule has 0 saturated carbocycles. The van der Waals surface area contributed by atoms with Crippen molar-refractivity contribution in [3.63, 3.8) is 0 Å². The summed E-state index contributed by atoms with van der Waals surface area (Å²) in [6.45, 7) is 10.4. The highest BCUT2D eigenvalue weighted by molar-refractivity contribution is 6.29. The third-order valence-electron chi connectivity index (χ3n) is 2.63. The molecule has 1 amide bonds. The molecule has 0 radical (unpaired) electrons. The predicted molar refractivity (Wildman–Crippen MR) is 82.7 cm³/mol. The number of nitrogens with zero attached hydrogens (tertiary/aromatic N) is 1. The Hall–Kier alpha value is -1.33. The first-order chi connectivity index (χ1) is 9.02. The first-order valence-electron chi connectivity index (χ1n) is 6.49. The monoisotopic (exact) mass is 298 g/mol. The maximum absolute atomic E-state index is 12.3. The van der Waals surface area contributed by atoms with E-state index >= 15 is 0 Å². The van der Waals surface area contributed by atoms with Crippen LogP contribution >= 0.6 is 11.6 Å². The maximum atomic E-state index is 12.3. The Kier molecular flexibility index (Phi) is 5.00. The van der Waals surface area contributed by atoms with Crippen LogP contribution in [-0.2, 0) is 0 Å². The average molecular weight is 299 g/mol. The zero-order valence-electron chi connectivity index (χ0n) is 12.7. The van der Waals surface area contributed by atoms with E-state index in [9.17, 15) is 4.79 Å². The van der Waals surface area contributed by atoms with Crippen LogP contribution in [0, 0.1) is 5.41 Å². The molecule has 0 aromatic carbocycles. The predicted octanol–water partition coefficient (Wildman–Crippen LogP) is 2.97. The number of hydrogen-bond donors (Lipinski definition) is 3. The Bertz CT molecular complexity index is 494. The second-order valence-corrected chi connectivity index (χ2v) is 7.17. The van der Waals surface area contributed by atoms with Gasteiger partial charge in [0.05, 0.1) is 0 Å². The van der Waals surface area contributed by atoms with Gasteiger partial charge in [-0.15, -0.1) is 0 Å². The van der Waals surface area contributed by atoms with E-state index < -0.39 is 0 Å². The summed E-state index contributed by atoms with van der Waals surface area (Å²) in [4.78, 5) is 16.2. The fourth-order valence-corrected chi connectivity index (χ4v) is 2.66. The number of hydrogen-bond acceptors (Lipinski definition) is 4. The molecule has 4 N–H and O–H groups in total. The fraction of sp³-hybridized carbons (Fsp3) is 0.571. The molecule has 0 atom stereocenters. The van der Waals surface area contributed by atoms with Crippen molar-refractivity contribution in [3.8, 4) is 0 Å². The minimum atomic E-state index is -0.318. The Labute approximate surface area is 125 Å². The molecule has 5 nitrogen and oxygen atoms in total. The molecule has 112 valence electrons. The second kappa shape index (κ2) is 5.97. The molecule has 0 spiro atoms. The van der Waals surface area contributed by atoms with E-state index in [0.29, 0.717) is 11.4 Å². The van der Waals surface area contributed by atoms with Gasteiger partial charge in [0.2, 0.25) is 0 Å². The maximum Gasteiger partial charge on any atom is 0.251 e. The highest BCUT2D eigenvalue weighted by Gasteiger charge is 2.27. The number of nitrogens with two attached hydrogens (primary N) is 1. The summed E-state index contributed by atoms with van der Waals surface area (Å²) < 4.78 is 0. The minimum absolute atomic E-state index is 0.122. The highest BCUT2D eigenvalue weighted by atomic mass is 35.5. The highest BCUT2D eigenvalue weighted by Crippen LogP contribution is 2.27. The fourth-order valence-electron chi connectivity index (χ4n) is 2.45. The number of pyridine rings is 1. The van der Waals surface area contributed by atoms with E-state index in [4.69, 9.17) is 17.4 Å². The van der Waals surface area contributed by atoms with Crippen molar-refractivity contribution in [2.45, 2.75) is 46.6 Å². The Balaban J connectivity index is 2.88. The van der Waals surface area contributed by atoms with E-state index in [1.807, 2.05) is 13.8 Å². The van der Waals surface area contributed by atoms with Crippen molar-refractivity contribution in [2.24, 2.45) is 11.3 Å². The number of aromatic nitrogens is 1. The lowest BCUT2D eigenvalue weighted by molar-refractivity contribution is 0.0891. The van der Waals surface area contributed by atoms with E-state index in [2.05, 4.69) is 36.5 Å². The van der Waals surface area contributed by atoms with Gasteiger partial charge < -0.3 is 10.7 Å². The summed E-state index contributed by atoms with van der Waals surface area (Å²) in [6, 6.07) is 3.08. The molecule has 0 aliphatic carbocycles. The van der Waals surface area contributed by atoms with Crippen LogP contribution in [0.1, 0.15) is 51.4 Å². The van der Waals surface area contributed by atoms with Gasteiger partial charge in [-0.1, -0.05) is 32.4 Å².